The number of benzene rings is 2. The van der Waals surface area contributed by atoms with Crippen molar-refractivity contribution in [1.82, 2.24) is 10.2 Å². The number of anilines is 1. The highest BCUT2D eigenvalue weighted by molar-refractivity contribution is 6.30. The van der Waals surface area contributed by atoms with E-state index in [0.29, 0.717) is 49.3 Å². The number of hydrogen-bond acceptors (Lipinski definition) is 3. The lowest BCUT2D eigenvalue weighted by Gasteiger charge is -2.19. The van der Waals surface area contributed by atoms with Crippen LogP contribution in [0.25, 0.3) is 0 Å². The first-order chi connectivity index (χ1) is 13.5. The molecule has 28 heavy (non-hydrogen) atoms. The SMILES string of the molecule is C=C(CCN1CCN(c2ccc(Cl)cc2)C1=O)NCCOc1ccc(Cl)cc1. The second-order valence-corrected chi connectivity index (χ2v) is 7.35. The lowest BCUT2D eigenvalue weighted by Crippen LogP contribution is -2.33. The van der Waals surface area contributed by atoms with Gasteiger partial charge in [-0.2, -0.15) is 0 Å². The van der Waals surface area contributed by atoms with Gasteiger partial charge in [0.1, 0.15) is 12.4 Å². The molecule has 2 amide bonds. The third kappa shape index (κ3) is 5.57. The summed E-state index contributed by atoms with van der Waals surface area (Å²) in [5.41, 5.74) is 1.76. The maximum Gasteiger partial charge on any atom is 0.324 e. The van der Waals surface area contributed by atoms with E-state index in [9.17, 15) is 4.79 Å². The van der Waals surface area contributed by atoms with Gasteiger partial charge in [0.05, 0.1) is 0 Å². The Kier molecular flexibility index (Phi) is 7.06. The van der Waals surface area contributed by atoms with Gasteiger partial charge in [0, 0.05) is 54.0 Å². The summed E-state index contributed by atoms with van der Waals surface area (Å²) in [5, 5.41) is 4.59. The summed E-state index contributed by atoms with van der Waals surface area (Å²) >= 11 is 11.8. The number of hydrogen-bond donors (Lipinski definition) is 1. The Bertz CT molecular complexity index is 809. The molecule has 0 spiro atoms. The molecule has 3 rings (SSSR count). The summed E-state index contributed by atoms with van der Waals surface area (Å²) in [6.45, 7) is 7.21. The number of carbonyl (C=O) groups excluding carboxylic acids is 1. The van der Waals surface area contributed by atoms with Crippen LogP contribution in [0, 0.1) is 0 Å². The van der Waals surface area contributed by atoms with Crippen LogP contribution in [0.2, 0.25) is 10.0 Å². The van der Waals surface area contributed by atoms with Crippen molar-refractivity contribution in [2.45, 2.75) is 6.42 Å². The molecule has 0 unspecified atom stereocenters. The standard InChI is InChI=1S/C21H23Cl2N3O2/c1-16(24-11-15-28-20-8-4-18(23)5-9-20)10-12-25-13-14-26(21(25)27)19-6-2-17(22)3-7-19/h2-9,24H,1,10-15H2. The summed E-state index contributed by atoms with van der Waals surface area (Å²) in [5.74, 6) is 0.779. The van der Waals surface area contributed by atoms with Crippen molar-refractivity contribution in [3.63, 3.8) is 0 Å². The van der Waals surface area contributed by atoms with Crippen LogP contribution >= 0.6 is 23.2 Å². The van der Waals surface area contributed by atoms with Gasteiger partial charge in [0.15, 0.2) is 0 Å². The summed E-state index contributed by atoms with van der Waals surface area (Å²) in [6, 6.07) is 14.6. The van der Waals surface area contributed by atoms with Gasteiger partial charge in [0.25, 0.3) is 0 Å². The van der Waals surface area contributed by atoms with E-state index in [-0.39, 0.29) is 6.03 Å². The number of rotatable bonds is 9. The second kappa shape index (κ2) is 9.71. The smallest absolute Gasteiger partial charge is 0.324 e. The Labute approximate surface area is 175 Å². The van der Waals surface area contributed by atoms with Crippen LogP contribution < -0.4 is 15.0 Å². The zero-order chi connectivity index (χ0) is 19.9. The zero-order valence-electron chi connectivity index (χ0n) is 15.5. The molecule has 2 aromatic carbocycles. The van der Waals surface area contributed by atoms with Gasteiger partial charge in [-0.25, -0.2) is 4.79 Å². The summed E-state index contributed by atoms with van der Waals surface area (Å²) in [6.07, 6.45) is 0.696. The van der Waals surface area contributed by atoms with Crippen LogP contribution in [0.1, 0.15) is 6.42 Å². The van der Waals surface area contributed by atoms with Crippen molar-refractivity contribution in [3.8, 4) is 5.75 Å². The van der Waals surface area contributed by atoms with Crippen LogP contribution in [0.15, 0.2) is 60.8 Å². The van der Waals surface area contributed by atoms with Crippen molar-refractivity contribution >= 4 is 34.9 Å². The first-order valence-corrected chi connectivity index (χ1v) is 9.90. The average molecular weight is 420 g/mol. The van der Waals surface area contributed by atoms with Gasteiger partial charge in [-0.1, -0.05) is 29.8 Å². The maximum atomic E-state index is 12.6. The van der Waals surface area contributed by atoms with Crippen molar-refractivity contribution in [3.05, 3.63) is 70.9 Å². The number of urea groups is 1. The predicted molar refractivity (Wildman–Crippen MR) is 114 cm³/mol. The molecular formula is C21H23Cl2N3O2. The molecule has 0 saturated carbocycles. The number of nitrogens with one attached hydrogen (secondary N) is 1. The Hall–Kier alpha value is -2.37. The molecule has 1 aliphatic rings. The lowest BCUT2D eigenvalue weighted by molar-refractivity contribution is 0.221. The third-order valence-electron chi connectivity index (χ3n) is 4.48. The van der Waals surface area contributed by atoms with Gasteiger partial charge in [-0.3, -0.25) is 4.90 Å². The Balaban J connectivity index is 1.36. The molecule has 0 aromatic heterocycles. The van der Waals surface area contributed by atoms with Gasteiger partial charge in [-0.05, 0) is 48.5 Å². The number of ether oxygens (including phenoxy) is 1. The average Bonchev–Trinajstić information content (AvgIpc) is 3.06. The van der Waals surface area contributed by atoms with Crippen LogP contribution in [0.4, 0.5) is 10.5 Å². The highest BCUT2D eigenvalue weighted by atomic mass is 35.5. The van der Waals surface area contributed by atoms with E-state index in [1.807, 2.05) is 29.2 Å². The monoisotopic (exact) mass is 419 g/mol. The van der Waals surface area contributed by atoms with Crippen LogP contribution in [0.5, 0.6) is 5.75 Å². The molecule has 1 N–H and O–H groups in total. The quantitative estimate of drug-likeness (QED) is 0.593. The summed E-state index contributed by atoms with van der Waals surface area (Å²) in [4.78, 5) is 16.2. The van der Waals surface area contributed by atoms with Crippen LogP contribution in [-0.4, -0.2) is 43.7 Å². The van der Waals surface area contributed by atoms with E-state index in [1.165, 1.54) is 0 Å². The molecule has 0 bridgehead atoms. The van der Waals surface area contributed by atoms with E-state index in [0.717, 1.165) is 17.1 Å². The minimum Gasteiger partial charge on any atom is -0.492 e. The van der Waals surface area contributed by atoms with Crippen LogP contribution in [-0.2, 0) is 0 Å². The minimum atomic E-state index is 0.0150. The first kappa shape index (κ1) is 20.4. The van der Waals surface area contributed by atoms with E-state index >= 15 is 0 Å². The minimum absolute atomic E-state index is 0.0150. The van der Waals surface area contributed by atoms with E-state index < -0.39 is 0 Å². The Morgan fingerprint density at radius 1 is 1.04 bits per heavy atom. The van der Waals surface area contributed by atoms with E-state index in [2.05, 4.69) is 11.9 Å². The zero-order valence-corrected chi connectivity index (χ0v) is 17.0. The van der Waals surface area contributed by atoms with Gasteiger partial charge >= 0.3 is 6.03 Å². The molecule has 0 radical (unpaired) electrons. The molecular weight excluding hydrogens is 397 g/mol. The molecule has 5 nitrogen and oxygen atoms in total. The Morgan fingerprint density at radius 3 is 2.36 bits per heavy atom. The van der Waals surface area contributed by atoms with Crippen molar-refractivity contribution in [2.75, 3.05) is 37.7 Å². The molecule has 1 heterocycles. The molecule has 2 aromatic rings. The third-order valence-corrected chi connectivity index (χ3v) is 4.98. The number of carbonyl (C=O) groups is 1. The fraction of sp³-hybridized carbons (Fsp3) is 0.286. The van der Waals surface area contributed by atoms with Crippen molar-refractivity contribution in [2.24, 2.45) is 0 Å². The summed E-state index contributed by atoms with van der Waals surface area (Å²) < 4.78 is 5.63. The number of nitrogens with zero attached hydrogens (tertiary/aromatic N) is 2. The maximum absolute atomic E-state index is 12.6. The van der Waals surface area contributed by atoms with Crippen LogP contribution in [0.3, 0.4) is 0 Å². The highest BCUT2D eigenvalue weighted by Crippen LogP contribution is 2.22. The fourth-order valence-electron chi connectivity index (χ4n) is 2.94. The first-order valence-electron chi connectivity index (χ1n) is 9.15. The van der Waals surface area contributed by atoms with Gasteiger partial charge in [-0.15, -0.1) is 0 Å². The second-order valence-electron chi connectivity index (χ2n) is 6.48. The van der Waals surface area contributed by atoms with Crippen molar-refractivity contribution < 1.29 is 9.53 Å². The predicted octanol–water partition coefficient (Wildman–Crippen LogP) is 4.81. The number of halogens is 2. The molecule has 1 fully saturated rings. The summed E-state index contributed by atoms with van der Waals surface area (Å²) in [7, 11) is 0. The van der Waals surface area contributed by atoms with E-state index in [4.69, 9.17) is 27.9 Å². The molecule has 0 aliphatic carbocycles. The topological polar surface area (TPSA) is 44.8 Å². The molecule has 0 atom stereocenters. The lowest BCUT2D eigenvalue weighted by atomic mass is 10.3. The van der Waals surface area contributed by atoms with Crippen molar-refractivity contribution in [1.29, 1.82) is 0 Å². The highest BCUT2D eigenvalue weighted by Gasteiger charge is 2.29. The normalized spacial score (nSPS) is 13.7. The van der Waals surface area contributed by atoms with Gasteiger partial charge < -0.3 is 15.0 Å². The molecule has 1 saturated heterocycles. The largest absolute Gasteiger partial charge is 0.492 e. The van der Waals surface area contributed by atoms with E-state index in [1.54, 1.807) is 29.2 Å². The number of amides is 2. The molecule has 7 heteroatoms. The fourth-order valence-corrected chi connectivity index (χ4v) is 3.19. The Morgan fingerprint density at radius 2 is 1.68 bits per heavy atom. The van der Waals surface area contributed by atoms with Gasteiger partial charge in [0.2, 0.25) is 0 Å². The molecule has 148 valence electrons. The molecule has 1 aliphatic heterocycles.